The summed E-state index contributed by atoms with van der Waals surface area (Å²) in [5.41, 5.74) is 1.95. The minimum atomic E-state index is 0.490. The van der Waals surface area contributed by atoms with Crippen LogP contribution in [0.3, 0.4) is 0 Å². The third kappa shape index (κ3) is 2.88. The van der Waals surface area contributed by atoms with Gasteiger partial charge in [0.05, 0.1) is 0 Å². The minimum Gasteiger partial charge on any atom is -0.340 e. The fourth-order valence-corrected chi connectivity index (χ4v) is 4.45. The van der Waals surface area contributed by atoms with Crippen LogP contribution >= 0.6 is 11.3 Å². The molecule has 2 saturated heterocycles. The van der Waals surface area contributed by atoms with Gasteiger partial charge >= 0.3 is 0 Å². The maximum absolute atomic E-state index is 4.41. The van der Waals surface area contributed by atoms with Crippen LogP contribution in [0.15, 0.2) is 35.3 Å². The number of piperidine rings is 1. The van der Waals surface area contributed by atoms with Crippen LogP contribution < -0.4 is 4.90 Å². The molecule has 2 aliphatic heterocycles. The van der Waals surface area contributed by atoms with Crippen LogP contribution in [0.1, 0.15) is 24.8 Å². The molecule has 0 unspecified atom stereocenters. The second-order valence-corrected chi connectivity index (χ2v) is 7.41. The Labute approximate surface area is 135 Å². The number of nitrogens with zero attached hydrogens (tertiary/aromatic N) is 4. The summed E-state index contributed by atoms with van der Waals surface area (Å²) in [7, 11) is 0. The highest BCUT2D eigenvalue weighted by molar-refractivity contribution is 7.07. The summed E-state index contributed by atoms with van der Waals surface area (Å²) in [6.07, 6.45) is 7.59. The molecule has 22 heavy (non-hydrogen) atoms. The van der Waals surface area contributed by atoms with Gasteiger partial charge in [-0.15, -0.1) is 0 Å². The zero-order valence-corrected chi connectivity index (χ0v) is 13.6. The average molecular weight is 314 g/mol. The molecule has 0 N–H and O–H groups in total. The molecule has 2 fully saturated rings. The quantitative estimate of drug-likeness (QED) is 0.872. The average Bonchev–Trinajstić information content (AvgIpc) is 3.21. The molecule has 5 heteroatoms. The lowest BCUT2D eigenvalue weighted by molar-refractivity contribution is 0.115. The number of hydrogen-bond donors (Lipinski definition) is 0. The topological polar surface area (TPSA) is 32.3 Å². The number of aromatic nitrogens is 2. The van der Waals surface area contributed by atoms with E-state index in [-0.39, 0.29) is 0 Å². The van der Waals surface area contributed by atoms with E-state index < -0.39 is 0 Å². The number of thiophene rings is 1. The highest BCUT2D eigenvalue weighted by Gasteiger charge is 2.41. The van der Waals surface area contributed by atoms with Gasteiger partial charge in [0.2, 0.25) is 5.95 Å². The van der Waals surface area contributed by atoms with E-state index >= 15 is 0 Å². The van der Waals surface area contributed by atoms with Crippen molar-refractivity contribution in [2.24, 2.45) is 5.41 Å². The zero-order chi connectivity index (χ0) is 14.8. The van der Waals surface area contributed by atoms with Gasteiger partial charge < -0.3 is 4.90 Å². The van der Waals surface area contributed by atoms with Gasteiger partial charge in [-0.05, 0) is 66.2 Å². The summed E-state index contributed by atoms with van der Waals surface area (Å²) >= 11 is 1.80. The molecule has 4 rings (SSSR count). The summed E-state index contributed by atoms with van der Waals surface area (Å²) < 4.78 is 0. The Morgan fingerprint density at radius 3 is 2.59 bits per heavy atom. The lowest BCUT2D eigenvalue weighted by atomic mass is 9.78. The van der Waals surface area contributed by atoms with Gasteiger partial charge in [0, 0.05) is 32.0 Å². The van der Waals surface area contributed by atoms with E-state index in [9.17, 15) is 0 Å². The molecule has 0 atom stereocenters. The molecule has 116 valence electrons. The van der Waals surface area contributed by atoms with Crippen LogP contribution in [-0.2, 0) is 6.54 Å². The van der Waals surface area contributed by atoms with E-state index in [4.69, 9.17) is 0 Å². The van der Waals surface area contributed by atoms with E-state index in [2.05, 4.69) is 36.6 Å². The van der Waals surface area contributed by atoms with Crippen LogP contribution in [0.25, 0.3) is 0 Å². The van der Waals surface area contributed by atoms with Crippen LogP contribution in [0, 0.1) is 5.41 Å². The second kappa shape index (κ2) is 5.97. The summed E-state index contributed by atoms with van der Waals surface area (Å²) in [4.78, 5) is 13.8. The van der Waals surface area contributed by atoms with E-state index in [1.54, 1.807) is 11.3 Å². The molecule has 1 spiro atoms. The fourth-order valence-electron chi connectivity index (χ4n) is 3.79. The molecule has 0 saturated carbocycles. The van der Waals surface area contributed by atoms with Crippen LogP contribution in [0.4, 0.5) is 5.95 Å². The molecule has 0 aromatic carbocycles. The first-order chi connectivity index (χ1) is 10.8. The first-order valence-corrected chi connectivity index (χ1v) is 9.03. The molecule has 0 amide bonds. The van der Waals surface area contributed by atoms with Crippen molar-refractivity contribution in [3.63, 3.8) is 0 Å². The third-order valence-corrected chi connectivity index (χ3v) is 5.91. The molecule has 4 heterocycles. The Balaban J connectivity index is 1.35. The Morgan fingerprint density at radius 2 is 1.86 bits per heavy atom. The van der Waals surface area contributed by atoms with E-state index in [0.29, 0.717) is 5.41 Å². The normalized spacial score (nSPS) is 21.5. The molecule has 0 bridgehead atoms. The third-order valence-electron chi connectivity index (χ3n) is 5.18. The molecule has 2 aromatic rings. The molecule has 4 nitrogen and oxygen atoms in total. The second-order valence-electron chi connectivity index (χ2n) is 6.63. The van der Waals surface area contributed by atoms with Gasteiger partial charge in [0.15, 0.2) is 0 Å². The minimum absolute atomic E-state index is 0.490. The molecule has 2 aliphatic rings. The van der Waals surface area contributed by atoms with Gasteiger partial charge in [-0.3, -0.25) is 4.90 Å². The molecular formula is C17H22N4S. The number of rotatable bonds is 3. The van der Waals surface area contributed by atoms with E-state index in [1.807, 2.05) is 18.5 Å². The first-order valence-electron chi connectivity index (χ1n) is 8.08. The van der Waals surface area contributed by atoms with E-state index in [1.165, 1.54) is 37.9 Å². The van der Waals surface area contributed by atoms with Crippen molar-refractivity contribution in [1.29, 1.82) is 0 Å². The highest BCUT2D eigenvalue weighted by atomic mass is 32.1. The maximum atomic E-state index is 4.41. The van der Waals surface area contributed by atoms with Crippen molar-refractivity contribution in [2.45, 2.75) is 25.8 Å². The van der Waals surface area contributed by atoms with Crippen molar-refractivity contribution >= 4 is 17.3 Å². The number of hydrogen-bond acceptors (Lipinski definition) is 5. The van der Waals surface area contributed by atoms with Crippen LogP contribution in [0.2, 0.25) is 0 Å². The fraction of sp³-hybridized carbons (Fsp3) is 0.529. The van der Waals surface area contributed by atoms with Crippen LogP contribution in [0.5, 0.6) is 0 Å². The highest BCUT2D eigenvalue weighted by Crippen LogP contribution is 2.41. The predicted molar refractivity (Wildman–Crippen MR) is 90.1 cm³/mol. The Kier molecular flexibility index (Phi) is 3.84. The molecule has 0 aliphatic carbocycles. The summed E-state index contributed by atoms with van der Waals surface area (Å²) in [6.45, 7) is 5.79. The standard InChI is InChI=1S/C17H22N4S/c1-6-18-16(19-7-1)21-10-5-17(14-21)3-8-20(9-4-17)12-15-2-11-22-13-15/h1-2,6-7,11,13H,3-5,8-10,12,14H2. The largest absolute Gasteiger partial charge is 0.340 e. The van der Waals surface area contributed by atoms with Crippen molar-refractivity contribution in [1.82, 2.24) is 14.9 Å². The predicted octanol–water partition coefficient (Wildman–Crippen LogP) is 3.03. The number of likely N-dealkylation sites (tertiary alicyclic amines) is 1. The smallest absolute Gasteiger partial charge is 0.225 e. The van der Waals surface area contributed by atoms with Gasteiger partial charge in [0.25, 0.3) is 0 Å². The maximum Gasteiger partial charge on any atom is 0.225 e. The van der Waals surface area contributed by atoms with Crippen LogP contribution in [-0.4, -0.2) is 41.0 Å². The van der Waals surface area contributed by atoms with Gasteiger partial charge in [-0.25, -0.2) is 9.97 Å². The SMILES string of the molecule is c1cnc(N2CCC3(CCN(Cc4ccsc4)CC3)C2)nc1. The van der Waals surface area contributed by atoms with Crippen molar-refractivity contribution < 1.29 is 0 Å². The summed E-state index contributed by atoms with van der Waals surface area (Å²) in [5.74, 6) is 0.903. The zero-order valence-electron chi connectivity index (χ0n) is 12.8. The molecule has 0 radical (unpaired) electrons. The Morgan fingerprint density at radius 1 is 1.09 bits per heavy atom. The van der Waals surface area contributed by atoms with Crippen molar-refractivity contribution in [2.75, 3.05) is 31.1 Å². The van der Waals surface area contributed by atoms with Gasteiger partial charge in [-0.1, -0.05) is 0 Å². The van der Waals surface area contributed by atoms with Crippen molar-refractivity contribution in [3.8, 4) is 0 Å². The molecular weight excluding hydrogens is 292 g/mol. The summed E-state index contributed by atoms with van der Waals surface area (Å²) in [5, 5.41) is 4.45. The first kappa shape index (κ1) is 14.2. The summed E-state index contributed by atoms with van der Waals surface area (Å²) in [6, 6.07) is 4.14. The Hall–Kier alpha value is -1.46. The van der Waals surface area contributed by atoms with E-state index in [0.717, 1.165) is 25.6 Å². The molecule has 2 aromatic heterocycles. The Bertz CT molecular complexity index is 590. The number of anilines is 1. The van der Waals surface area contributed by atoms with Gasteiger partial charge in [0.1, 0.15) is 0 Å². The lowest BCUT2D eigenvalue weighted by Crippen LogP contribution is -2.41. The monoisotopic (exact) mass is 314 g/mol. The lowest BCUT2D eigenvalue weighted by Gasteiger charge is -2.39. The van der Waals surface area contributed by atoms with Crippen molar-refractivity contribution in [3.05, 3.63) is 40.8 Å². The van der Waals surface area contributed by atoms with Gasteiger partial charge in [-0.2, -0.15) is 11.3 Å².